The number of ether oxygens (including phenoxy) is 2. The molecule has 0 aromatic heterocycles. The van der Waals surface area contributed by atoms with Crippen molar-refractivity contribution >= 4 is 17.7 Å². The highest BCUT2D eigenvalue weighted by atomic mass is 16.6. The third-order valence-electron chi connectivity index (χ3n) is 12.0. The fraction of sp³-hybridized carbons (Fsp3) is 0.811. The lowest BCUT2D eigenvalue weighted by atomic mass is 9.59. The fourth-order valence-electron chi connectivity index (χ4n) is 9.05. The summed E-state index contributed by atoms with van der Waals surface area (Å²) in [6, 6.07) is 0. The maximum absolute atomic E-state index is 13.5. The van der Waals surface area contributed by atoms with Crippen LogP contribution >= 0.6 is 0 Å². The number of aliphatic hydroxyl groups excluding tert-OH is 1. The molecule has 0 aromatic carbocycles. The van der Waals surface area contributed by atoms with Crippen LogP contribution in [0, 0.1) is 35.0 Å². The number of carbonyl (C=O) groups excluding carboxylic acids is 3. The van der Waals surface area contributed by atoms with Crippen LogP contribution in [-0.2, 0) is 23.9 Å². The lowest BCUT2D eigenvalue weighted by molar-refractivity contribution is -0.230. The van der Waals surface area contributed by atoms with Crippen molar-refractivity contribution in [3.63, 3.8) is 0 Å². The number of ketones is 1. The van der Waals surface area contributed by atoms with Crippen LogP contribution in [0.15, 0.2) is 23.3 Å². The number of esters is 2. The number of hydrogen-bond donors (Lipinski definition) is 3. The van der Waals surface area contributed by atoms with Gasteiger partial charge in [0, 0.05) is 41.9 Å². The first-order chi connectivity index (χ1) is 21.2. The molecule has 0 amide bonds. The lowest BCUT2D eigenvalue weighted by Gasteiger charge is -2.53. The van der Waals surface area contributed by atoms with Gasteiger partial charge in [0.25, 0.3) is 0 Å². The van der Waals surface area contributed by atoms with Gasteiger partial charge < -0.3 is 24.8 Å². The molecule has 3 N–H and O–H groups in total. The molecule has 0 radical (unpaired) electrons. The maximum Gasteiger partial charge on any atom is 0.309 e. The first kappa shape index (κ1) is 35.8. The quantitative estimate of drug-likeness (QED) is 0.114. The van der Waals surface area contributed by atoms with Crippen LogP contribution in [0.1, 0.15) is 126 Å². The topological polar surface area (TPSA) is 130 Å². The molecule has 0 saturated heterocycles. The van der Waals surface area contributed by atoms with E-state index in [0.29, 0.717) is 24.0 Å². The summed E-state index contributed by atoms with van der Waals surface area (Å²) in [4.78, 5) is 40.3. The van der Waals surface area contributed by atoms with Crippen LogP contribution < -0.4 is 0 Å². The summed E-state index contributed by atoms with van der Waals surface area (Å²) in [7, 11) is 0. The number of carbonyl (C=O) groups is 3. The van der Waals surface area contributed by atoms with Gasteiger partial charge in [-0.25, -0.2) is 0 Å². The van der Waals surface area contributed by atoms with Crippen molar-refractivity contribution in [3.8, 4) is 0 Å². The molecule has 45 heavy (non-hydrogen) atoms. The molecule has 4 aliphatic rings. The largest absolute Gasteiger partial charge is 0.457 e. The third-order valence-corrected chi connectivity index (χ3v) is 12.0. The van der Waals surface area contributed by atoms with Gasteiger partial charge in [0.15, 0.2) is 11.4 Å². The van der Waals surface area contributed by atoms with Gasteiger partial charge >= 0.3 is 11.9 Å². The van der Waals surface area contributed by atoms with Gasteiger partial charge in [-0.3, -0.25) is 14.4 Å². The molecule has 0 aromatic rings. The normalized spacial score (nSPS) is 36.9. The zero-order valence-corrected chi connectivity index (χ0v) is 28.7. The van der Waals surface area contributed by atoms with Crippen molar-refractivity contribution in [1.82, 2.24) is 0 Å². The van der Waals surface area contributed by atoms with Gasteiger partial charge in [-0.1, -0.05) is 105 Å². The summed E-state index contributed by atoms with van der Waals surface area (Å²) in [6.07, 6.45) is 13.3. The first-order valence-electron chi connectivity index (χ1n) is 17.6. The average Bonchev–Trinajstić information content (AvgIpc) is 3.43. The van der Waals surface area contributed by atoms with E-state index >= 15 is 0 Å². The standard InChI is InChI=1S/C37H58O8/c1-8-10-11-12-13-14-15-16-17-18-29(39)45-37-30(34(37,6)7)27-20-26(22-38)21-35(42)28(19-24(4)31(35)40)36(27,43)25(5)32(37)44-33(41)23(3)9-2/h19-20,23,25,27-28,30,32,38,42-43H,8-18,21-22H2,1-7H3/t23-,25-,27+,28-,30-,32-,35-,36-,37-/m1/s1. The SMILES string of the molecule is CCCCCCCCCCCC(=O)O[C@@]12[C@H](OC(=O)[C@H](C)CC)[C@@H](C)[C@@]3(O)[C@@H](C=C(CO)C[C@]4(O)C(=O)C(C)=C[C@@H]34)[C@@H]1C2(C)C. The Kier molecular flexibility index (Phi) is 10.8. The second-order valence-electron chi connectivity index (χ2n) is 15.2. The monoisotopic (exact) mass is 630 g/mol. The molecule has 254 valence electrons. The first-order valence-corrected chi connectivity index (χ1v) is 17.6. The Labute approximate surface area is 270 Å². The minimum absolute atomic E-state index is 0.109. The summed E-state index contributed by atoms with van der Waals surface area (Å²) in [5.41, 5.74) is -4.75. The minimum Gasteiger partial charge on any atom is -0.457 e. The Morgan fingerprint density at radius 2 is 1.60 bits per heavy atom. The van der Waals surface area contributed by atoms with Gasteiger partial charge in [0.05, 0.1) is 18.1 Å². The van der Waals surface area contributed by atoms with E-state index in [-0.39, 0.29) is 25.4 Å². The molecular formula is C37H58O8. The van der Waals surface area contributed by atoms with Crippen molar-refractivity contribution in [3.05, 3.63) is 23.3 Å². The Hall–Kier alpha value is -2.03. The highest BCUT2D eigenvalue weighted by Gasteiger charge is 2.88. The molecule has 0 spiro atoms. The van der Waals surface area contributed by atoms with Crippen LogP contribution in [0.5, 0.6) is 0 Å². The molecule has 0 heterocycles. The zero-order chi connectivity index (χ0) is 33.4. The molecule has 9 atom stereocenters. The predicted octanol–water partition coefficient (Wildman–Crippen LogP) is 6.00. The summed E-state index contributed by atoms with van der Waals surface area (Å²) in [5, 5.41) is 35.1. The highest BCUT2D eigenvalue weighted by molar-refractivity contribution is 6.04. The van der Waals surface area contributed by atoms with E-state index in [1.165, 1.54) is 32.1 Å². The van der Waals surface area contributed by atoms with Crippen LogP contribution in [0.4, 0.5) is 0 Å². The smallest absolute Gasteiger partial charge is 0.309 e. The Morgan fingerprint density at radius 3 is 2.18 bits per heavy atom. The van der Waals surface area contributed by atoms with Gasteiger partial charge in [0.2, 0.25) is 0 Å². The third kappa shape index (κ3) is 5.97. The maximum atomic E-state index is 13.5. The van der Waals surface area contributed by atoms with Gasteiger partial charge in [-0.05, 0) is 30.9 Å². The second-order valence-corrected chi connectivity index (χ2v) is 15.2. The summed E-state index contributed by atoms with van der Waals surface area (Å²) in [5.74, 6) is -4.60. The number of rotatable bonds is 15. The molecule has 0 unspecified atom stereocenters. The number of Topliss-reactive ketones (excluding diaryl/α,β-unsaturated/α-hetero) is 1. The van der Waals surface area contributed by atoms with Gasteiger partial charge in [0.1, 0.15) is 11.7 Å². The van der Waals surface area contributed by atoms with Gasteiger partial charge in [-0.15, -0.1) is 0 Å². The summed E-state index contributed by atoms with van der Waals surface area (Å²) >= 11 is 0. The van der Waals surface area contributed by atoms with Crippen molar-refractivity contribution in [2.75, 3.05) is 6.61 Å². The lowest BCUT2D eigenvalue weighted by Crippen LogP contribution is -2.66. The Balaban J connectivity index is 1.64. The van der Waals surface area contributed by atoms with E-state index in [0.717, 1.165) is 19.3 Å². The molecule has 0 aliphatic heterocycles. The van der Waals surface area contributed by atoms with Crippen LogP contribution in [-0.4, -0.2) is 62.6 Å². The molecule has 8 nitrogen and oxygen atoms in total. The van der Waals surface area contributed by atoms with Crippen LogP contribution in [0.2, 0.25) is 0 Å². The molecule has 2 fully saturated rings. The van der Waals surface area contributed by atoms with Crippen molar-refractivity contribution in [1.29, 1.82) is 0 Å². The second kappa shape index (κ2) is 13.6. The van der Waals surface area contributed by atoms with E-state index in [4.69, 9.17) is 9.47 Å². The minimum atomic E-state index is -1.94. The molecule has 4 aliphatic carbocycles. The van der Waals surface area contributed by atoms with E-state index in [1.807, 2.05) is 20.8 Å². The van der Waals surface area contributed by atoms with Crippen molar-refractivity contribution in [2.45, 2.75) is 148 Å². The molecule has 2 saturated carbocycles. The average molecular weight is 631 g/mol. The van der Waals surface area contributed by atoms with Crippen molar-refractivity contribution < 1.29 is 39.2 Å². The molecule has 4 rings (SSSR count). The summed E-state index contributed by atoms with van der Waals surface area (Å²) < 4.78 is 12.7. The van der Waals surface area contributed by atoms with Crippen molar-refractivity contribution in [2.24, 2.45) is 35.0 Å². The van der Waals surface area contributed by atoms with E-state index < -0.39 is 69.7 Å². The predicted molar refractivity (Wildman–Crippen MR) is 172 cm³/mol. The van der Waals surface area contributed by atoms with E-state index in [9.17, 15) is 29.7 Å². The number of aliphatic hydroxyl groups is 3. The van der Waals surface area contributed by atoms with Crippen LogP contribution in [0.25, 0.3) is 0 Å². The summed E-state index contributed by atoms with van der Waals surface area (Å²) in [6.45, 7) is 12.9. The van der Waals surface area contributed by atoms with E-state index in [2.05, 4.69) is 6.92 Å². The fourth-order valence-corrected chi connectivity index (χ4v) is 9.05. The van der Waals surface area contributed by atoms with E-state index in [1.54, 1.807) is 32.9 Å². The number of unbranched alkanes of at least 4 members (excludes halogenated alkanes) is 8. The Bertz CT molecular complexity index is 1190. The molecule has 0 bridgehead atoms. The van der Waals surface area contributed by atoms with Crippen LogP contribution in [0.3, 0.4) is 0 Å². The van der Waals surface area contributed by atoms with Gasteiger partial charge in [-0.2, -0.15) is 0 Å². The Morgan fingerprint density at radius 1 is 1.00 bits per heavy atom. The molecular weight excluding hydrogens is 572 g/mol. The number of hydrogen-bond acceptors (Lipinski definition) is 8. The molecule has 8 heteroatoms. The highest BCUT2D eigenvalue weighted by Crippen LogP contribution is 2.77. The number of fused-ring (bicyclic) bond motifs is 5. The zero-order valence-electron chi connectivity index (χ0n) is 28.7.